The van der Waals surface area contributed by atoms with Crippen LogP contribution < -0.4 is 4.90 Å². The van der Waals surface area contributed by atoms with Gasteiger partial charge in [-0.05, 0) is 49.7 Å². The van der Waals surface area contributed by atoms with E-state index in [9.17, 15) is 9.59 Å². The molecule has 0 bridgehead atoms. The van der Waals surface area contributed by atoms with Crippen LogP contribution in [-0.2, 0) is 14.3 Å². The molecule has 2 heterocycles. The fraction of sp³-hybridized carbons (Fsp3) is 0.286. The fourth-order valence-electron chi connectivity index (χ4n) is 3.42. The SMILES string of the molecule is CCOC(=O)C1CC(=O)N(c2cc(-c3nc4cc(Cl)ccc4o3)ccc2C)C1. The van der Waals surface area contributed by atoms with Crippen LogP contribution >= 0.6 is 11.6 Å². The Labute approximate surface area is 167 Å². The summed E-state index contributed by atoms with van der Waals surface area (Å²) in [5, 5.41) is 0.588. The van der Waals surface area contributed by atoms with Crippen LogP contribution in [0.4, 0.5) is 5.69 Å². The molecule has 144 valence electrons. The lowest BCUT2D eigenvalue weighted by Gasteiger charge is -2.19. The quantitative estimate of drug-likeness (QED) is 0.610. The number of fused-ring (bicyclic) bond motifs is 1. The number of carbonyl (C=O) groups is 2. The first-order valence-electron chi connectivity index (χ1n) is 9.10. The molecule has 3 aromatic rings. The summed E-state index contributed by atoms with van der Waals surface area (Å²) in [4.78, 5) is 30.7. The molecule has 1 atom stereocenters. The van der Waals surface area contributed by atoms with Gasteiger partial charge in [0.1, 0.15) is 5.52 Å². The lowest BCUT2D eigenvalue weighted by atomic mass is 10.1. The molecule has 7 heteroatoms. The number of anilines is 1. The summed E-state index contributed by atoms with van der Waals surface area (Å²) < 4.78 is 10.9. The molecular weight excluding hydrogens is 380 g/mol. The molecule has 1 fully saturated rings. The number of rotatable bonds is 4. The summed E-state index contributed by atoms with van der Waals surface area (Å²) in [5.74, 6) is -0.417. The van der Waals surface area contributed by atoms with E-state index in [1.807, 2.05) is 25.1 Å². The fourth-order valence-corrected chi connectivity index (χ4v) is 3.58. The number of halogens is 1. The van der Waals surface area contributed by atoms with E-state index in [1.165, 1.54) is 0 Å². The van der Waals surface area contributed by atoms with Crippen molar-refractivity contribution in [2.24, 2.45) is 5.92 Å². The molecule has 6 nitrogen and oxygen atoms in total. The monoisotopic (exact) mass is 398 g/mol. The van der Waals surface area contributed by atoms with Crippen LogP contribution in [0.1, 0.15) is 18.9 Å². The number of nitrogens with zero attached hydrogens (tertiary/aromatic N) is 2. The second-order valence-electron chi connectivity index (χ2n) is 6.79. The summed E-state index contributed by atoms with van der Waals surface area (Å²) in [6, 6.07) is 10.9. The number of benzene rings is 2. The number of hydrogen-bond donors (Lipinski definition) is 0. The van der Waals surface area contributed by atoms with E-state index < -0.39 is 5.92 Å². The third-order valence-electron chi connectivity index (χ3n) is 4.84. The van der Waals surface area contributed by atoms with E-state index >= 15 is 0 Å². The average molecular weight is 399 g/mol. The molecular formula is C21H19ClN2O4. The summed E-state index contributed by atoms with van der Waals surface area (Å²) >= 11 is 6.02. The van der Waals surface area contributed by atoms with Crippen molar-refractivity contribution in [2.75, 3.05) is 18.1 Å². The predicted octanol–water partition coefficient (Wildman–Crippen LogP) is 4.37. The van der Waals surface area contributed by atoms with E-state index in [1.54, 1.807) is 30.0 Å². The lowest BCUT2D eigenvalue weighted by Crippen LogP contribution is -2.27. The van der Waals surface area contributed by atoms with Gasteiger partial charge in [-0.15, -0.1) is 0 Å². The van der Waals surface area contributed by atoms with Gasteiger partial charge in [-0.3, -0.25) is 9.59 Å². The highest BCUT2D eigenvalue weighted by Gasteiger charge is 2.36. The second-order valence-corrected chi connectivity index (χ2v) is 7.23. The molecule has 1 aromatic heterocycles. The van der Waals surface area contributed by atoms with E-state index in [-0.39, 0.29) is 18.3 Å². The summed E-state index contributed by atoms with van der Waals surface area (Å²) in [7, 11) is 0. The minimum Gasteiger partial charge on any atom is -0.466 e. The molecule has 2 aromatic carbocycles. The van der Waals surface area contributed by atoms with Gasteiger partial charge in [0.15, 0.2) is 5.58 Å². The van der Waals surface area contributed by atoms with Crippen molar-refractivity contribution in [3.63, 3.8) is 0 Å². The van der Waals surface area contributed by atoms with Crippen molar-refractivity contribution in [3.8, 4) is 11.5 Å². The maximum absolute atomic E-state index is 12.5. The van der Waals surface area contributed by atoms with Crippen molar-refractivity contribution in [3.05, 3.63) is 47.0 Å². The van der Waals surface area contributed by atoms with Gasteiger partial charge in [0.2, 0.25) is 11.8 Å². The van der Waals surface area contributed by atoms with Crippen molar-refractivity contribution in [1.82, 2.24) is 4.98 Å². The zero-order valence-corrected chi connectivity index (χ0v) is 16.3. The number of carbonyl (C=O) groups excluding carboxylic acids is 2. The molecule has 28 heavy (non-hydrogen) atoms. The highest BCUT2D eigenvalue weighted by atomic mass is 35.5. The zero-order valence-electron chi connectivity index (χ0n) is 15.6. The van der Waals surface area contributed by atoms with Gasteiger partial charge in [-0.1, -0.05) is 17.7 Å². The first kappa shape index (κ1) is 18.5. The van der Waals surface area contributed by atoms with Gasteiger partial charge >= 0.3 is 5.97 Å². The molecule has 1 amide bonds. The lowest BCUT2D eigenvalue weighted by molar-refractivity contribution is -0.147. The van der Waals surface area contributed by atoms with Gasteiger partial charge in [0.25, 0.3) is 0 Å². The molecule has 4 rings (SSSR count). The summed E-state index contributed by atoms with van der Waals surface area (Å²) in [5.41, 5.74) is 3.74. The molecule has 1 aliphatic rings. The van der Waals surface area contributed by atoms with Crippen LogP contribution in [0.3, 0.4) is 0 Å². The first-order valence-corrected chi connectivity index (χ1v) is 9.48. The van der Waals surface area contributed by atoms with Crippen molar-refractivity contribution >= 4 is 40.3 Å². The van der Waals surface area contributed by atoms with Gasteiger partial charge < -0.3 is 14.1 Å². The Bertz CT molecular complexity index is 1080. The Hall–Kier alpha value is -2.86. The van der Waals surface area contributed by atoms with E-state index in [0.29, 0.717) is 35.2 Å². The Morgan fingerprint density at radius 1 is 1.32 bits per heavy atom. The van der Waals surface area contributed by atoms with Crippen LogP contribution in [0.2, 0.25) is 5.02 Å². The van der Waals surface area contributed by atoms with Crippen molar-refractivity contribution < 1.29 is 18.7 Å². The molecule has 1 saturated heterocycles. The Balaban J connectivity index is 1.67. The Morgan fingerprint density at radius 3 is 2.93 bits per heavy atom. The van der Waals surface area contributed by atoms with E-state index in [0.717, 1.165) is 16.8 Å². The van der Waals surface area contributed by atoms with E-state index in [4.69, 9.17) is 20.8 Å². The molecule has 1 unspecified atom stereocenters. The topological polar surface area (TPSA) is 72.6 Å². The normalized spacial score (nSPS) is 16.8. The molecule has 0 spiro atoms. The van der Waals surface area contributed by atoms with Crippen LogP contribution in [0.15, 0.2) is 40.8 Å². The number of esters is 1. The summed E-state index contributed by atoms with van der Waals surface area (Å²) in [6.45, 7) is 4.30. The second kappa shape index (κ2) is 7.28. The Kier molecular flexibility index (Phi) is 4.81. The highest BCUT2D eigenvalue weighted by Crippen LogP contribution is 2.33. The smallest absolute Gasteiger partial charge is 0.311 e. The molecule has 0 radical (unpaired) electrons. The predicted molar refractivity (Wildman–Crippen MR) is 106 cm³/mol. The van der Waals surface area contributed by atoms with Crippen molar-refractivity contribution in [2.45, 2.75) is 20.3 Å². The largest absolute Gasteiger partial charge is 0.466 e. The number of aryl methyl sites for hydroxylation is 1. The van der Waals surface area contributed by atoms with Crippen molar-refractivity contribution in [1.29, 1.82) is 0 Å². The number of oxazole rings is 1. The first-order chi connectivity index (χ1) is 13.5. The zero-order chi connectivity index (χ0) is 19.8. The van der Waals surface area contributed by atoms with Gasteiger partial charge in [-0.25, -0.2) is 4.98 Å². The third-order valence-corrected chi connectivity index (χ3v) is 5.08. The average Bonchev–Trinajstić information content (AvgIpc) is 3.25. The maximum Gasteiger partial charge on any atom is 0.311 e. The standard InChI is InChI=1S/C21H19ClN2O4/c1-3-27-21(26)14-9-19(25)24(11-14)17-8-13(5-4-12(17)2)20-23-16-10-15(22)6-7-18(16)28-20/h4-8,10,14H,3,9,11H2,1-2H3. The maximum atomic E-state index is 12.5. The van der Waals surface area contributed by atoms with Crippen LogP contribution in [0, 0.1) is 12.8 Å². The van der Waals surface area contributed by atoms with E-state index in [2.05, 4.69) is 4.98 Å². The number of amides is 1. The molecule has 0 N–H and O–H groups in total. The summed E-state index contributed by atoms with van der Waals surface area (Å²) in [6.07, 6.45) is 0.157. The Morgan fingerprint density at radius 2 is 2.14 bits per heavy atom. The van der Waals surface area contributed by atoms with Gasteiger partial charge in [0, 0.05) is 29.2 Å². The highest BCUT2D eigenvalue weighted by molar-refractivity contribution is 6.31. The minimum absolute atomic E-state index is 0.0948. The minimum atomic E-state index is -0.443. The third kappa shape index (κ3) is 3.36. The molecule has 0 saturated carbocycles. The molecule has 1 aliphatic heterocycles. The van der Waals surface area contributed by atoms with Gasteiger partial charge in [0.05, 0.1) is 12.5 Å². The molecule has 0 aliphatic carbocycles. The number of hydrogen-bond acceptors (Lipinski definition) is 5. The van der Waals surface area contributed by atoms with Crippen LogP contribution in [0.25, 0.3) is 22.6 Å². The number of aromatic nitrogens is 1. The van der Waals surface area contributed by atoms with Crippen LogP contribution in [0.5, 0.6) is 0 Å². The van der Waals surface area contributed by atoms with Crippen LogP contribution in [-0.4, -0.2) is 30.0 Å². The van der Waals surface area contributed by atoms with Gasteiger partial charge in [-0.2, -0.15) is 0 Å². The number of ether oxygens (including phenoxy) is 1.